The SMILES string of the molecule is C#CCN(C(=O)c1ccc(Cl)nn1)C1CCS(=O)(=O)C1. The topological polar surface area (TPSA) is 80.2 Å². The lowest BCUT2D eigenvalue weighted by atomic mass is 10.2. The minimum Gasteiger partial charge on any atom is -0.322 e. The van der Waals surface area contributed by atoms with E-state index in [0.29, 0.717) is 6.42 Å². The maximum absolute atomic E-state index is 12.3. The highest BCUT2D eigenvalue weighted by atomic mass is 35.5. The van der Waals surface area contributed by atoms with Crippen molar-refractivity contribution < 1.29 is 13.2 Å². The highest BCUT2D eigenvalue weighted by Gasteiger charge is 2.35. The fourth-order valence-corrected chi connectivity index (χ4v) is 3.89. The second kappa shape index (κ2) is 5.77. The van der Waals surface area contributed by atoms with Crippen LogP contribution < -0.4 is 0 Å². The molecule has 1 amide bonds. The average molecular weight is 314 g/mol. The lowest BCUT2D eigenvalue weighted by Gasteiger charge is -2.25. The minimum atomic E-state index is -3.10. The summed E-state index contributed by atoms with van der Waals surface area (Å²) >= 11 is 5.61. The standard InChI is InChI=1S/C12H12ClN3O3S/c1-2-6-16(9-5-7-20(18,19)8-9)12(17)10-3-4-11(13)15-14-10/h1,3-4,9H,5-8H2. The predicted molar refractivity (Wildman–Crippen MR) is 74.0 cm³/mol. The second-order valence-corrected chi connectivity index (χ2v) is 7.05. The van der Waals surface area contributed by atoms with E-state index in [1.807, 2.05) is 0 Å². The third-order valence-electron chi connectivity index (χ3n) is 3.02. The summed E-state index contributed by atoms with van der Waals surface area (Å²) in [7, 11) is -3.10. The van der Waals surface area contributed by atoms with Crippen LogP contribution in [0, 0.1) is 12.3 Å². The molecule has 8 heteroatoms. The number of terminal acetylenes is 1. The number of carbonyl (C=O) groups is 1. The first-order chi connectivity index (χ1) is 9.43. The van der Waals surface area contributed by atoms with E-state index in [4.69, 9.17) is 18.0 Å². The molecule has 0 aliphatic carbocycles. The molecule has 0 spiro atoms. The highest BCUT2D eigenvalue weighted by molar-refractivity contribution is 7.91. The van der Waals surface area contributed by atoms with Crippen LogP contribution in [-0.2, 0) is 9.84 Å². The van der Waals surface area contributed by atoms with E-state index >= 15 is 0 Å². The molecule has 20 heavy (non-hydrogen) atoms. The Hall–Kier alpha value is -1.65. The van der Waals surface area contributed by atoms with Crippen LogP contribution in [0.5, 0.6) is 0 Å². The van der Waals surface area contributed by atoms with Crippen LogP contribution in [0.2, 0.25) is 5.15 Å². The molecule has 1 aliphatic rings. The third-order valence-corrected chi connectivity index (χ3v) is 4.97. The molecular formula is C12H12ClN3O3S. The molecule has 1 atom stereocenters. The van der Waals surface area contributed by atoms with Crippen LogP contribution in [0.15, 0.2) is 12.1 Å². The number of sulfone groups is 1. The van der Waals surface area contributed by atoms with Gasteiger partial charge in [-0.15, -0.1) is 16.6 Å². The molecule has 106 valence electrons. The zero-order valence-electron chi connectivity index (χ0n) is 10.5. The molecule has 1 aromatic rings. The van der Waals surface area contributed by atoms with Crippen molar-refractivity contribution in [2.24, 2.45) is 0 Å². The van der Waals surface area contributed by atoms with Crippen molar-refractivity contribution in [2.75, 3.05) is 18.1 Å². The molecular weight excluding hydrogens is 302 g/mol. The van der Waals surface area contributed by atoms with E-state index in [2.05, 4.69) is 16.1 Å². The van der Waals surface area contributed by atoms with Crippen LogP contribution in [0.4, 0.5) is 0 Å². The van der Waals surface area contributed by atoms with Crippen LogP contribution in [0.25, 0.3) is 0 Å². The summed E-state index contributed by atoms with van der Waals surface area (Å²) < 4.78 is 23.0. The summed E-state index contributed by atoms with van der Waals surface area (Å²) in [5, 5.41) is 7.47. The number of amides is 1. The number of carbonyl (C=O) groups excluding carboxylic acids is 1. The molecule has 0 N–H and O–H groups in total. The number of hydrogen-bond acceptors (Lipinski definition) is 5. The molecule has 0 saturated carbocycles. The van der Waals surface area contributed by atoms with Gasteiger partial charge in [-0.3, -0.25) is 4.79 Å². The van der Waals surface area contributed by atoms with E-state index in [0.717, 1.165) is 0 Å². The first-order valence-electron chi connectivity index (χ1n) is 5.87. The van der Waals surface area contributed by atoms with Crippen LogP contribution in [-0.4, -0.2) is 53.5 Å². The van der Waals surface area contributed by atoms with Gasteiger partial charge in [-0.1, -0.05) is 17.5 Å². The van der Waals surface area contributed by atoms with E-state index in [9.17, 15) is 13.2 Å². The normalized spacial score (nSPS) is 20.3. The summed E-state index contributed by atoms with van der Waals surface area (Å²) in [6.07, 6.45) is 5.64. The van der Waals surface area contributed by atoms with E-state index < -0.39 is 21.8 Å². The summed E-state index contributed by atoms with van der Waals surface area (Å²) in [5.74, 6) is 1.93. The van der Waals surface area contributed by atoms with E-state index in [1.165, 1.54) is 17.0 Å². The van der Waals surface area contributed by atoms with Crippen molar-refractivity contribution in [3.8, 4) is 12.3 Å². The lowest BCUT2D eigenvalue weighted by Crippen LogP contribution is -2.41. The number of halogens is 1. The number of rotatable bonds is 3. The average Bonchev–Trinajstić information content (AvgIpc) is 2.76. The van der Waals surface area contributed by atoms with Gasteiger partial charge in [0.05, 0.1) is 18.1 Å². The predicted octanol–water partition coefficient (Wildman–Crippen LogP) is 0.393. The first-order valence-corrected chi connectivity index (χ1v) is 8.07. The second-order valence-electron chi connectivity index (χ2n) is 4.44. The Balaban J connectivity index is 2.23. The smallest absolute Gasteiger partial charge is 0.275 e. The van der Waals surface area contributed by atoms with Gasteiger partial charge in [-0.25, -0.2) is 8.42 Å². The van der Waals surface area contributed by atoms with Crippen LogP contribution in [0.3, 0.4) is 0 Å². The van der Waals surface area contributed by atoms with Gasteiger partial charge in [0.15, 0.2) is 20.7 Å². The Bertz CT molecular complexity index is 652. The van der Waals surface area contributed by atoms with Gasteiger partial charge in [0.25, 0.3) is 5.91 Å². The van der Waals surface area contributed by atoms with Crippen molar-refractivity contribution in [1.82, 2.24) is 15.1 Å². The molecule has 1 aliphatic heterocycles. The Kier molecular flexibility index (Phi) is 4.26. The monoisotopic (exact) mass is 313 g/mol. The summed E-state index contributed by atoms with van der Waals surface area (Å²) in [6.45, 7) is 0.0311. The van der Waals surface area contributed by atoms with Gasteiger partial charge in [0.1, 0.15) is 0 Å². The van der Waals surface area contributed by atoms with E-state index in [1.54, 1.807) is 0 Å². The fraction of sp³-hybridized carbons (Fsp3) is 0.417. The van der Waals surface area contributed by atoms with Crippen LogP contribution >= 0.6 is 11.6 Å². The minimum absolute atomic E-state index is 0.0311. The van der Waals surface area contributed by atoms with E-state index in [-0.39, 0.29) is 28.9 Å². The van der Waals surface area contributed by atoms with Gasteiger partial charge < -0.3 is 4.90 Å². The summed E-state index contributed by atoms with van der Waals surface area (Å²) in [6, 6.07) is 2.47. The van der Waals surface area contributed by atoms with Gasteiger partial charge in [0.2, 0.25) is 0 Å². The number of nitrogens with zero attached hydrogens (tertiary/aromatic N) is 3. The fourth-order valence-electron chi connectivity index (χ4n) is 2.06. The Morgan fingerprint density at radius 2 is 2.25 bits per heavy atom. The third kappa shape index (κ3) is 3.26. The maximum Gasteiger partial charge on any atom is 0.275 e. The maximum atomic E-state index is 12.3. The number of aromatic nitrogens is 2. The molecule has 1 fully saturated rings. The van der Waals surface area contributed by atoms with Gasteiger partial charge in [0, 0.05) is 6.04 Å². The molecule has 2 rings (SSSR count). The Morgan fingerprint density at radius 3 is 2.75 bits per heavy atom. The molecule has 0 aromatic carbocycles. The zero-order chi connectivity index (χ0) is 14.8. The molecule has 1 saturated heterocycles. The molecule has 0 radical (unpaired) electrons. The van der Waals surface area contributed by atoms with Crippen LogP contribution in [0.1, 0.15) is 16.9 Å². The van der Waals surface area contributed by atoms with Crippen molar-refractivity contribution in [3.63, 3.8) is 0 Å². The quantitative estimate of drug-likeness (QED) is 0.754. The number of hydrogen-bond donors (Lipinski definition) is 0. The van der Waals surface area contributed by atoms with Gasteiger partial charge in [-0.2, -0.15) is 0 Å². The van der Waals surface area contributed by atoms with Crippen molar-refractivity contribution >= 4 is 27.3 Å². The Labute approximate surface area is 122 Å². The summed E-state index contributed by atoms with van der Waals surface area (Å²) in [4.78, 5) is 13.7. The van der Waals surface area contributed by atoms with Crippen molar-refractivity contribution in [1.29, 1.82) is 0 Å². The zero-order valence-corrected chi connectivity index (χ0v) is 12.1. The van der Waals surface area contributed by atoms with Crippen molar-refractivity contribution in [3.05, 3.63) is 23.0 Å². The molecule has 1 unspecified atom stereocenters. The molecule has 2 heterocycles. The van der Waals surface area contributed by atoms with Gasteiger partial charge in [-0.05, 0) is 18.6 Å². The molecule has 0 bridgehead atoms. The summed E-state index contributed by atoms with van der Waals surface area (Å²) in [5.41, 5.74) is 0.0916. The first kappa shape index (κ1) is 14.8. The van der Waals surface area contributed by atoms with Gasteiger partial charge >= 0.3 is 0 Å². The Morgan fingerprint density at radius 1 is 1.50 bits per heavy atom. The largest absolute Gasteiger partial charge is 0.322 e. The molecule has 6 nitrogen and oxygen atoms in total. The van der Waals surface area contributed by atoms with Crippen molar-refractivity contribution in [2.45, 2.75) is 12.5 Å². The highest BCUT2D eigenvalue weighted by Crippen LogP contribution is 2.19. The lowest BCUT2D eigenvalue weighted by molar-refractivity contribution is 0.0717. The molecule has 1 aromatic heterocycles.